The topological polar surface area (TPSA) is 136 Å². The zero-order valence-corrected chi connectivity index (χ0v) is 16.9. The Morgan fingerprint density at radius 3 is 2.77 bits per heavy atom. The Hall–Kier alpha value is -3.23. The van der Waals surface area contributed by atoms with Gasteiger partial charge in [0.05, 0.1) is 12.1 Å². The molecule has 8 heteroatoms. The number of pyridine rings is 3. The molecular formula is C23H24N6O2. The van der Waals surface area contributed by atoms with Crippen molar-refractivity contribution < 1.29 is 10.2 Å². The summed E-state index contributed by atoms with van der Waals surface area (Å²) in [5.74, 6) is 0.633. The number of aryl methyl sites for hydroxylation is 1. The lowest BCUT2D eigenvalue weighted by Crippen LogP contribution is -2.34. The normalized spacial score (nSPS) is 29.5. The van der Waals surface area contributed by atoms with E-state index in [1.165, 1.54) is 0 Å². The lowest BCUT2D eigenvalue weighted by molar-refractivity contribution is -0.0192. The standard InChI is InChI=1S/C23H24N6O2/c24-16-6-9-26-22-14(16)7-10-29(22)18-15-11-23(15,20(31)19(18)30)8-5-13-3-1-12-2-4-17(25)28-21(12)27-13/h1-4,6-7,9-10,15,18-20,30-31H,5,8,11H2,(H2,24,26)(H2,25,27,28)/t15-,18-,19+,20+,23-/m1/s1. The number of nitrogens with two attached hydrogens (primary N) is 2. The van der Waals surface area contributed by atoms with E-state index in [1.54, 1.807) is 18.3 Å². The molecule has 2 aliphatic carbocycles. The first kappa shape index (κ1) is 18.5. The minimum absolute atomic E-state index is 0.186. The fourth-order valence-corrected chi connectivity index (χ4v) is 5.58. The molecule has 158 valence electrons. The molecule has 4 aromatic rings. The molecule has 4 aromatic heterocycles. The van der Waals surface area contributed by atoms with Crippen molar-refractivity contribution in [3.8, 4) is 0 Å². The molecule has 2 aliphatic rings. The molecule has 8 nitrogen and oxygen atoms in total. The van der Waals surface area contributed by atoms with Crippen LogP contribution in [0.25, 0.3) is 22.1 Å². The number of aromatic nitrogens is 4. The molecule has 6 rings (SSSR count). The average molecular weight is 416 g/mol. The van der Waals surface area contributed by atoms with Crippen molar-refractivity contribution in [2.45, 2.75) is 37.5 Å². The van der Waals surface area contributed by atoms with Crippen LogP contribution in [0.3, 0.4) is 0 Å². The van der Waals surface area contributed by atoms with Gasteiger partial charge in [0.25, 0.3) is 0 Å². The molecule has 0 saturated heterocycles. The van der Waals surface area contributed by atoms with Crippen LogP contribution in [0, 0.1) is 11.3 Å². The first-order valence-corrected chi connectivity index (χ1v) is 10.6. The van der Waals surface area contributed by atoms with E-state index in [2.05, 4.69) is 15.0 Å². The van der Waals surface area contributed by atoms with Gasteiger partial charge in [-0.15, -0.1) is 0 Å². The summed E-state index contributed by atoms with van der Waals surface area (Å²) >= 11 is 0. The molecule has 0 amide bonds. The van der Waals surface area contributed by atoms with Crippen molar-refractivity contribution in [1.29, 1.82) is 0 Å². The molecule has 6 N–H and O–H groups in total. The Balaban J connectivity index is 1.27. The fraction of sp³-hybridized carbons (Fsp3) is 0.348. The Morgan fingerprint density at radius 2 is 1.90 bits per heavy atom. The van der Waals surface area contributed by atoms with E-state index in [9.17, 15) is 10.2 Å². The van der Waals surface area contributed by atoms with Gasteiger partial charge in [0.1, 0.15) is 17.6 Å². The SMILES string of the molecule is Nc1ccc2ccc(CC[C@@]34C[C@@H]3[C@@H](n3ccc5c(N)ccnc53)[C@H](O)[C@@H]4O)nc2n1. The highest BCUT2D eigenvalue weighted by molar-refractivity contribution is 5.88. The Labute approximate surface area is 178 Å². The van der Waals surface area contributed by atoms with Gasteiger partial charge in [-0.25, -0.2) is 15.0 Å². The number of hydrogen-bond donors (Lipinski definition) is 4. The Morgan fingerprint density at radius 1 is 1.06 bits per heavy atom. The predicted molar refractivity (Wildman–Crippen MR) is 118 cm³/mol. The van der Waals surface area contributed by atoms with E-state index in [0.29, 0.717) is 23.6 Å². The van der Waals surface area contributed by atoms with Crippen LogP contribution in [-0.4, -0.2) is 41.9 Å². The monoisotopic (exact) mass is 416 g/mol. The molecule has 0 bridgehead atoms. The fourth-order valence-electron chi connectivity index (χ4n) is 5.58. The van der Waals surface area contributed by atoms with E-state index in [4.69, 9.17) is 11.5 Å². The number of aliphatic hydroxyl groups excluding tert-OH is 2. The van der Waals surface area contributed by atoms with Crippen LogP contribution in [0.4, 0.5) is 11.5 Å². The lowest BCUT2D eigenvalue weighted by atomic mass is 9.92. The predicted octanol–water partition coefficient (Wildman–Crippen LogP) is 2.06. The van der Waals surface area contributed by atoms with Gasteiger partial charge in [0.15, 0.2) is 5.65 Å². The lowest BCUT2D eigenvalue weighted by Gasteiger charge is -2.24. The zero-order valence-electron chi connectivity index (χ0n) is 16.9. The Bertz CT molecular complexity index is 1320. The van der Waals surface area contributed by atoms with Gasteiger partial charge in [0.2, 0.25) is 0 Å². The molecule has 0 unspecified atom stereocenters. The van der Waals surface area contributed by atoms with Crippen LogP contribution in [0.2, 0.25) is 0 Å². The summed E-state index contributed by atoms with van der Waals surface area (Å²) in [6.45, 7) is 0. The molecule has 5 atom stereocenters. The van der Waals surface area contributed by atoms with E-state index in [-0.39, 0.29) is 17.4 Å². The molecule has 4 heterocycles. The number of aliphatic hydroxyl groups is 2. The zero-order chi connectivity index (χ0) is 21.3. The van der Waals surface area contributed by atoms with Gasteiger partial charge in [-0.2, -0.15) is 0 Å². The summed E-state index contributed by atoms with van der Waals surface area (Å²) in [5, 5.41) is 23.7. The maximum absolute atomic E-state index is 11.0. The van der Waals surface area contributed by atoms with E-state index >= 15 is 0 Å². The van der Waals surface area contributed by atoms with Gasteiger partial charge in [-0.3, -0.25) is 0 Å². The van der Waals surface area contributed by atoms with E-state index in [1.807, 2.05) is 35.0 Å². The van der Waals surface area contributed by atoms with Gasteiger partial charge in [-0.1, -0.05) is 0 Å². The summed E-state index contributed by atoms with van der Waals surface area (Å²) < 4.78 is 1.99. The van der Waals surface area contributed by atoms with Gasteiger partial charge in [0, 0.05) is 40.0 Å². The van der Waals surface area contributed by atoms with Crippen LogP contribution in [0.1, 0.15) is 24.6 Å². The quantitative estimate of drug-likeness (QED) is 0.400. The highest BCUT2D eigenvalue weighted by Gasteiger charge is 2.70. The van der Waals surface area contributed by atoms with Crippen molar-refractivity contribution in [3.05, 3.63) is 54.5 Å². The van der Waals surface area contributed by atoms with Crippen molar-refractivity contribution in [3.63, 3.8) is 0 Å². The third-order valence-corrected chi connectivity index (χ3v) is 7.30. The second-order valence-electron chi connectivity index (χ2n) is 8.92. The van der Waals surface area contributed by atoms with Crippen molar-refractivity contribution >= 4 is 33.6 Å². The van der Waals surface area contributed by atoms with Crippen molar-refractivity contribution in [2.75, 3.05) is 11.5 Å². The van der Waals surface area contributed by atoms with E-state index < -0.39 is 12.2 Å². The van der Waals surface area contributed by atoms with Gasteiger partial charge >= 0.3 is 0 Å². The van der Waals surface area contributed by atoms with Crippen LogP contribution in [0.5, 0.6) is 0 Å². The molecule has 2 saturated carbocycles. The largest absolute Gasteiger partial charge is 0.398 e. The van der Waals surface area contributed by atoms with Crippen LogP contribution in [0.15, 0.2) is 48.8 Å². The van der Waals surface area contributed by atoms with Crippen molar-refractivity contribution in [2.24, 2.45) is 11.3 Å². The van der Waals surface area contributed by atoms with Crippen LogP contribution in [-0.2, 0) is 6.42 Å². The van der Waals surface area contributed by atoms with Crippen molar-refractivity contribution in [1.82, 2.24) is 19.5 Å². The summed E-state index contributed by atoms with van der Waals surface area (Å²) in [5.41, 5.74) is 14.5. The molecule has 0 aliphatic heterocycles. The first-order valence-electron chi connectivity index (χ1n) is 10.6. The maximum Gasteiger partial charge on any atom is 0.161 e. The molecule has 0 aromatic carbocycles. The molecule has 2 fully saturated rings. The number of nitrogen functional groups attached to an aromatic ring is 2. The van der Waals surface area contributed by atoms with Crippen LogP contribution >= 0.6 is 0 Å². The van der Waals surface area contributed by atoms with Gasteiger partial charge < -0.3 is 26.2 Å². The minimum atomic E-state index is -0.844. The third kappa shape index (κ3) is 2.65. The van der Waals surface area contributed by atoms with E-state index in [0.717, 1.165) is 35.0 Å². The summed E-state index contributed by atoms with van der Waals surface area (Å²) in [6, 6.07) is 11.2. The summed E-state index contributed by atoms with van der Waals surface area (Å²) in [7, 11) is 0. The maximum atomic E-state index is 11.0. The molecule has 0 spiro atoms. The third-order valence-electron chi connectivity index (χ3n) is 7.30. The average Bonchev–Trinajstić information content (AvgIpc) is 3.25. The second kappa shape index (κ2) is 6.38. The number of hydrogen-bond acceptors (Lipinski definition) is 7. The Kier molecular flexibility index (Phi) is 3.82. The molecule has 0 radical (unpaired) electrons. The highest BCUT2D eigenvalue weighted by atomic mass is 16.3. The van der Waals surface area contributed by atoms with Gasteiger partial charge in [-0.05, 0) is 61.6 Å². The summed E-state index contributed by atoms with van der Waals surface area (Å²) in [4.78, 5) is 13.4. The minimum Gasteiger partial charge on any atom is -0.398 e. The second-order valence-corrected chi connectivity index (χ2v) is 8.92. The molecule has 31 heavy (non-hydrogen) atoms. The summed E-state index contributed by atoms with van der Waals surface area (Å²) in [6.07, 6.45) is 4.30. The number of nitrogens with zero attached hydrogens (tertiary/aromatic N) is 4. The highest BCUT2D eigenvalue weighted by Crippen LogP contribution is 2.69. The molecular weight excluding hydrogens is 392 g/mol. The number of rotatable bonds is 4. The number of anilines is 2. The first-order chi connectivity index (χ1) is 15.0. The number of fused-ring (bicyclic) bond motifs is 3. The smallest absolute Gasteiger partial charge is 0.161 e. The van der Waals surface area contributed by atoms with Crippen LogP contribution < -0.4 is 11.5 Å².